The van der Waals surface area contributed by atoms with Gasteiger partial charge in [-0.3, -0.25) is 4.79 Å². The predicted molar refractivity (Wildman–Crippen MR) is 112 cm³/mol. The van der Waals surface area contributed by atoms with Crippen LogP contribution in [-0.2, 0) is 4.74 Å². The highest BCUT2D eigenvalue weighted by atomic mass is 16.5. The van der Waals surface area contributed by atoms with Crippen molar-refractivity contribution in [2.75, 3.05) is 19.8 Å². The van der Waals surface area contributed by atoms with Crippen molar-refractivity contribution in [3.63, 3.8) is 0 Å². The maximum absolute atomic E-state index is 13.0. The minimum Gasteiger partial charge on any atom is -0.489 e. The highest BCUT2D eigenvalue weighted by molar-refractivity contribution is 5.95. The first-order valence-electron chi connectivity index (χ1n) is 10.9. The minimum atomic E-state index is -0.140. The zero-order valence-corrected chi connectivity index (χ0v) is 17.2. The molecule has 6 nitrogen and oxygen atoms in total. The van der Waals surface area contributed by atoms with Crippen LogP contribution in [0.2, 0.25) is 0 Å². The average molecular weight is 398 g/mol. The van der Waals surface area contributed by atoms with Gasteiger partial charge in [-0.05, 0) is 62.5 Å². The highest BCUT2D eigenvalue weighted by Crippen LogP contribution is 2.44. The summed E-state index contributed by atoms with van der Waals surface area (Å²) in [6.07, 6.45) is 9.38. The Morgan fingerprint density at radius 1 is 1.21 bits per heavy atom. The smallest absolute Gasteiger partial charge is 0.275 e. The number of amides is 1. The standard InChI is InChI=1S/C23H31N3O3/c1-2-14-29-20-17-26(19-6-4-3-5-7-19)25-21(20)22(27)24-18-8-10-23(11-9-18)12-15-28-16-13-23/h3-7,17-18H,2,8-16H2,1H3,(H,24,27). The summed E-state index contributed by atoms with van der Waals surface area (Å²) in [5, 5.41) is 7.76. The van der Waals surface area contributed by atoms with Gasteiger partial charge in [0.25, 0.3) is 5.91 Å². The second kappa shape index (κ2) is 8.99. The minimum absolute atomic E-state index is 0.140. The number of carbonyl (C=O) groups is 1. The molecule has 2 aromatic rings. The maximum Gasteiger partial charge on any atom is 0.275 e. The molecule has 1 aromatic heterocycles. The van der Waals surface area contributed by atoms with Crippen LogP contribution >= 0.6 is 0 Å². The Morgan fingerprint density at radius 2 is 1.93 bits per heavy atom. The zero-order valence-electron chi connectivity index (χ0n) is 17.2. The van der Waals surface area contributed by atoms with Gasteiger partial charge in [-0.15, -0.1) is 0 Å². The predicted octanol–water partition coefficient (Wildman–Crippen LogP) is 4.13. The van der Waals surface area contributed by atoms with Gasteiger partial charge in [0.2, 0.25) is 0 Å². The van der Waals surface area contributed by atoms with Crippen LogP contribution in [0.25, 0.3) is 5.69 Å². The summed E-state index contributed by atoms with van der Waals surface area (Å²) in [5.74, 6) is 0.406. The van der Waals surface area contributed by atoms with Crippen molar-refractivity contribution in [3.05, 3.63) is 42.2 Å². The van der Waals surface area contributed by atoms with Crippen molar-refractivity contribution in [3.8, 4) is 11.4 Å². The van der Waals surface area contributed by atoms with Crippen molar-refractivity contribution < 1.29 is 14.3 Å². The molecular formula is C23H31N3O3. The van der Waals surface area contributed by atoms with Gasteiger partial charge >= 0.3 is 0 Å². The third-order valence-electron chi connectivity index (χ3n) is 6.31. The lowest BCUT2D eigenvalue weighted by molar-refractivity contribution is -0.00903. The van der Waals surface area contributed by atoms with E-state index in [1.165, 1.54) is 12.8 Å². The molecule has 1 aliphatic carbocycles. The first kappa shape index (κ1) is 20.0. The number of nitrogens with one attached hydrogen (secondary N) is 1. The summed E-state index contributed by atoms with van der Waals surface area (Å²) >= 11 is 0. The molecule has 1 saturated heterocycles. The number of benzene rings is 1. The van der Waals surface area contributed by atoms with Gasteiger partial charge in [-0.25, -0.2) is 4.68 Å². The molecule has 0 bridgehead atoms. The van der Waals surface area contributed by atoms with E-state index in [4.69, 9.17) is 9.47 Å². The van der Waals surface area contributed by atoms with E-state index < -0.39 is 0 Å². The normalized spacial score (nSPS) is 19.2. The molecule has 0 atom stereocenters. The Hall–Kier alpha value is -2.34. The summed E-state index contributed by atoms with van der Waals surface area (Å²) in [6, 6.07) is 10.0. The molecule has 2 aliphatic rings. The molecule has 1 amide bonds. The molecule has 2 fully saturated rings. The van der Waals surface area contributed by atoms with Crippen molar-refractivity contribution in [2.24, 2.45) is 5.41 Å². The number of ether oxygens (including phenoxy) is 2. The summed E-state index contributed by atoms with van der Waals surface area (Å²) in [4.78, 5) is 13.0. The number of hydrogen-bond donors (Lipinski definition) is 1. The van der Waals surface area contributed by atoms with Crippen LogP contribution in [-0.4, -0.2) is 41.6 Å². The number of hydrogen-bond acceptors (Lipinski definition) is 4. The Labute approximate surface area is 172 Å². The number of aromatic nitrogens is 2. The highest BCUT2D eigenvalue weighted by Gasteiger charge is 2.37. The molecule has 29 heavy (non-hydrogen) atoms. The van der Waals surface area contributed by atoms with E-state index in [1.54, 1.807) is 10.9 Å². The van der Waals surface area contributed by atoms with Gasteiger partial charge in [-0.1, -0.05) is 25.1 Å². The molecular weight excluding hydrogens is 366 g/mol. The van der Waals surface area contributed by atoms with Crippen molar-refractivity contribution in [2.45, 2.75) is 57.9 Å². The quantitative estimate of drug-likeness (QED) is 0.796. The summed E-state index contributed by atoms with van der Waals surface area (Å²) < 4.78 is 13.1. The lowest BCUT2D eigenvalue weighted by Crippen LogP contribution is -2.42. The first-order chi connectivity index (χ1) is 14.2. The molecule has 156 valence electrons. The van der Waals surface area contributed by atoms with E-state index in [-0.39, 0.29) is 11.9 Å². The second-order valence-corrected chi connectivity index (χ2v) is 8.33. The Bertz CT molecular complexity index is 802. The topological polar surface area (TPSA) is 65.4 Å². The van der Waals surface area contributed by atoms with Crippen LogP contribution < -0.4 is 10.1 Å². The van der Waals surface area contributed by atoms with Gasteiger partial charge in [-0.2, -0.15) is 5.10 Å². The summed E-state index contributed by atoms with van der Waals surface area (Å²) in [5.41, 5.74) is 1.71. The number of nitrogens with zero attached hydrogens (tertiary/aromatic N) is 2. The van der Waals surface area contributed by atoms with E-state index in [2.05, 4.69) is 17.3 Å². The fraction of sp³-hybridized carbons (Fsp3) is 0.565. The largest absolute Gasteiger partial charge is 0.489 e. The van der Waals surface area contributed by atoms with Gasteiger partial charge in [0.05, 0.1) is 18.5 Å². The first-order valence-corrected chi connectivity index (χ1v) is 10.9. The Morgan fingerprint density at radius 3 is 2.62 bits per heavy atom. The fourth-order valence-electron chi connectivity index (χ4n) is 4.48. The lowest BCUT2D eigenvalue weighted by atomic mass is 9.68. The molecule has 0 radical (unpaired) electrons. The Kier molecular flexibility index (Phi) is 6.19. The summed E-state index contributed by atoms with van der Waals surface area (Å²) in [6.45, 7) is 4.38. The summed E-state index contributed by atoms with van der Waals surface area (Å²) in [7, 11) is 0. The van der Waals surface area contributed by atoms with Crippen LogP contribution in [0.4, 0.5) is 0 Å². The third kappa shape index (κ3) is 4.64. The fourth-order valence-corrected chi connectivity index (χ4v) is 4.48. The monoisotopic (exact) mass is 397 g/mol. The maximum atomic E-state index is 13.0. The van der Waals surface area contributed by atoms with E-state index in [0.717, 1.165) is 51.0 Å². The molecule has 1 aromatic carbocycles. The van der Waals surface area contributed by atoms with Crippen LogP contribution in [0.3, 0.4) is 0 Å². The molecule has 0 unspecified atom stereocenters. The molecule has 4 rings (SSSR count). The lowest BCUT2D eigenvalue weighted by Gasteiger charge is -2.42. The molecule has 1 N–H and O–H groups in total. The van der Waals surface area contributed by atoms with Crippen LogP contribution in [0.15, 0.2) is 36.5 Å². The van der Waals surface area contributed by atoms with Gasteiger partial charge in [0.15, 0.2) is 11.4 Å². The molecule has 6 heteroatoms. The van der Waals surface area contributed by atoms with Crippen molar-refractivity contribution in [1.29, 1.82) is 0 Å². The molecule has 1 aliphatic heterocycles. The van der Waals surface area contributed by atoms with Crippen LogP contribution in [0, 0.1) is 5.41 Å². The molecule has 1 spiro atoms. The van der Waals surface area contributed by atoms with E-state index in [9.17, 15) is 4.79 Å². The van der Waals surface area contributed by atoms with Crippen LogP contribution in [0.5, 0.6) is 5.75 Å². The third-order valence-corrected chi connectivity index (χ3v) is 6.31. The zero-order chi connectivity index (χ0) is 20.1. The SMILES string of the molecule is CCCOc1cn(-c2ccccc2)nc1C(=O)NC1CCC2(CCOCC2)CC1. The average Bonchev–Trinajstić information content (AvgIpc) is 3.20. The van der Waals surface area contributed by atoms with E-state index >= 15 is 0 Å². The second-order valence-electron chi connectivity index (χ2n) is 8.33. The van der Waals surface area contributed by atoms with Gasteiger partial charge < -0.3 is 14.8 Å². The number of carbonyl (C=O) groups excluding carboxylic acids is 1. The number of rotatable bonds is 6. The molecule has 2 heterocycles. The number of para-hydroxylation sites is 1. The van der Waals surface area contributed by atoms with Crippen LogP contribution in [0.1, 0.15) is 62.4 Å². The van der Waals surface area contributed by atoms with E-state index in [0.29, 0.717) is 23.5 Å². The van der Waals surface area contributed by atoms with E-state index in [1.807, 2.05) is 30.3 Å². The van der Waals surface area contributed by atoms with Gasteiger partial charge in [0, 0.05) is 19.3 Å². The molecule has 1 saturated carbocycles. The van der Waals surface area contributed by atoms with Crippen molar-refractivity contribution in [1.82, 2.24) is 15.1 Å². The van der Waals surface area contributed by atoms with Gasteiger partial charge in [0.1, 0.15) is 0 Å². The van der Waals surface area contributed by atoms with Crippen molar-refractivity contribution >= 4 is 5.91 Å². The Balaban J connectivity index is 1.44.